The molecular weight excluding hydrogens is 514 g/mol. The normalized spacial score (nSPS) is 21.7. The highest BCUT2D eigenvalue weighted by Gasteiger charge is 2.38. The van der Waals surface area contributed by atoms with Crippen LogP contribution in [0.5, 0.6) is 11.8 Å². The van der Waals surface area contributed by atoms with Crippen molar-refractivity contribution in [2.45, 2.75) is 63.2 Å². The molecule has 2 aromatic heterocycles. The summed E-state index contributed by atoms with van der Waals surface area (Å²) in [5, 5.41) is 9.53. The zero-order valence-electron chi connectivity index (χ0n) is 23.1. The van der Waals surface area contributed by atoms with Gasteiger partial charge in [0.1, 0.15) is 5.82 Å². The van der Waals surface area contributed by atoms with E-state index >= 15 is 0 Å². The molecular formula is C32H33N7O2. The fourth-order valence-electron chi connectivity index (χ4n) is 6.67. The number of hydrogen-bond acceptors (Lipinski definition) is 8. The van der Waals surface area contributed by atoms with Crippen LogP contribution < -0.4 is 9.64 Å². The molecule has 208 valence electrons. The molecule has 2 aliphatic heterocycles. The summed E-state index contributed by atoms with van der Waals surface area (Å²) in [4.78, 5) is 33.6. The van der Waals surface area contributed by atoms with Crippen molar-refractivity contribution < 1.29 is 9.53 Å². The Hall–Kier alpha value is -4.29. The first-order chi connectivity index (χ1) is 20.1. The minimum absolute atomic E-state index is 0.142. The van der Waals surface area contributed by atoms with E-state index in [-0.39, 0.29) is 18.4 Å². The van der Waals surface area contributed by atoms with Gasteiger partial charge in [-0.2, -0.15) is 15.2 Å². The molecule has 41 heavy (non-hydrogen) atoms. The van der Waals surface area contributed by atoms with Crippen LogP contribution in [0.25, 0.3) is 0 Å². The Morgan fingerprint density at radius 2 is 2.00 bits per heavy atom. The molecule has 0 bridgehead atoms. The van der Waals surface area contributed by atoms with Gasteiger partial charge < -0.3 is 14.5 Å². The summed E-state index contributed by atoms with van der Waals surface area (Å²) < 4.78 is 6.38. The Morgan fingerprint density at radius 1 is 1.12 bits per heavy atom. The molecule has 1 unspecified atom stereocenters. The predicted octanol–water partition coefficient (Wildman–Crippen LogP) is 4.66. The first kappa shape index (κ1) is 25.7. The van der Waals surface area contributed by atoms with Gasteiger partial charge >= 0.3 is 6.01 Å². The second kappa shape index (κ2) is 10.6. The van der Waals surface area contributed by atoms with Gasteiger partial charge in [0.25, 0.3) is 0 Å². The van der Waals surface area contributed by atoms with Crippen LogP contribution in [0.4, 0.5) is 5.82 Å². The molecule has 3 aromatic rings. The number of amides is 1. The van der Waals surface area contributed by atoms with Crippen LogP contribution in [-0.4, -0.2) is 56.3 Å². The van der Waals surface area contributed by atoms with E-state index in [1.807, 2.05) is 18.3 Å². The minimum atomic E-state index is -0.242. The van der Waals surface area contributed by atoms with Gasteiger partial charge in [-0.25, -0.2) is 0 Å². The Kier molecular flexibility index (Phi) is 6.63. The molecule has 1 saturated heterocycles. The fraction of sp³-hybridized carbons (Fsp3) is 0.406. The lowest BCUT2D eigenvalue weighted by Gasteiger charge is -2.41. The van der Waals surface area contributed by atoms with Crippen LogP contribution in [0.1, 0.15) is 65.7 Å². The van der Waals surface area contributed by atoms with Gasteiger partial charge in [-0.3, -0.25) is 14.7 Å². The van der Waals surface area contributed by atoms with E-state index < -0.39 is 0 Å². The van der Waals surface area contributed by atoms with E-state index in [1.165, 1.54) is 17.2 Å². The molecule has 2 aliphatic carbocycles. The van der Waals surface area contributed by atoms with Crippen molar-refractivity contribution in [3.63, 3.8) is 0 Å². The predicted molar refractivity (Wildman–Crippen MR) is 153 cm³/mol. The number of carbonyl (C=O) groups is 1. The van der Waals surface area contributed by atoms with E-state index in [4.69, 9.17) is 14.7 Å². The summed E-state index contributed by atoms with van der Waals surface area (Å²) >= 11 is 0. The van der Waals surface area contributed by atoms with Crippen molar-refractivity contribution in [3.8, 4) is 17.8 Å². The van der Waals surface area contributed by atoms with E-state index in [9.17, 15) is 10.1 Å². The van der Waals surface area contributed by atoms with E-state index in [0.29, 0.717) is 43.4 Å². The standard InChI is InChI=1S/C32H33N7O2/c1-2-29(40)39-17-16-37(18-23(39)13-14-33)31-25-19-38(27-12-11-21-6-3-4-7-24(21)27)20-26(25)35-32(36-31)41-28-8-5-15-34-30(28)22-9-10-22/h2-8,15,22-23,27H,1,9-13,16-20H2/t23-,27?/m0/s1. The number of nitriles is 1. The van der Waals surface area contributed by atoms with Gasteiger partial charge in [0, 0.05) is 56.4 Å². The third kappa shape index (κ3) is 4.82. The number of hydrogen-bond donors (Lipinski definition) is 0. The zero-order valence-corrected chi connectivity index (χ0v) is 23.1. The van der Waals surface area contributed by atoms with E-state index in [1.54, 1.807) is 4.90 Å². The number of pyridine rings is 1. The van der Waals surface area contributed by atoms with Gasteiger partial charge in [-0.15, -0.1) is 0 Å². The van der Waals surface area contributed by atoms with E-state index in [2.05, 4.69) is 51.7 Å². The monoisotopic (exact) mass is 547 g/mol. The number of benzene rings is 1. The molecule has 7 rings (SSSR count). The number of ether oxygens (including phenoxy) is 1. The summed E-state index contributed by atoms with van der Waals surface area (Å²) in [7, 11) is 0. The maximum absolute atomic E-state index is 12.5. The van der Waals surface area contributed by atoms with Crippen LogP contribution >= 0.6 is 0 Å². The third-order valence-electron chi connectivity index (χ3n) is 8.84. The second-order valence-corrected chi connectivity index (χ2v) is 11.4. The van der Waals surface area contributed by atoms with Crippen LogP contribution in [0, 0.1) is 11.3 Å². The topological polar surface area (TPSA) is 98.5 Å². The first-order valence-electron chi connectivity index (χ1n) is 14.5. The molecule has 0 radical (unpaired) electrons. The average Bonchev–Trinajstić information content (AvgIpc) is 3.61. The van der Waals surface area contributed by atoms with Gasteiger partial charge in [0.05, 0.1) is 29.9 Å². The number of piperazine rings is 1. The molecule has 4 heterocycles. The number of fused-ring (bicyclic) bond motifs is 2. The molecule has 0 spiro atoms. The maximum Gasteiger partial charge on any atom is 0.324 e. The van der Waals surface area contributed by atoms with Crippen molar-refractivity contribution in [2.75, 3.05) is 24.5 Å². The Morgan fingerprint density at radius 3 is 2.83 bits per heavy atom. The van der Waals surface area contributed by atoms with Crippen LogP contribution in [0.2, 0.25) is 0 Å². The molecule has 2 fully saturated rings. The lowest BCUT2D eigenvalue weighted by atomic mass is 10.1. The smallest absolute Gasteiger partial charge is 0.324 e. The quantitative estimate of drug-likeness (QED) is 0.394. The number of carbonyl (C=O) groups excluding carboxylic acids is 1. The van der Waals surface area contributed by atoms with Crippen LogP contribution in [-0.2, 0) is 24.3 Å². The largest absolute Gasteiger partial charge is 0.422 e. The summed E-state index contributed by atoms with van der Waals surface area (Å²) in [5.41, 5.74) is 5.88. The van der Waals surface area contributed by atoms with Crippen molar-refractivity contribution >= 4 is 11.7 Å². The van der Waals surface area contributed by atoms with E-state index in [0.717, 1.165) is 61.5 Å². The van der Waals surface area contributed by atoms with Crippen molar-refractivity contribution in [2.24, 2.45) is 0 Å². The SMILES string of the molecule is C=CC(=O)N1CCN(c2nc(Oc3cccnc3C3CC3)nc3c2CN(C2CCc4ccccc42)C3)C[C@@H]1CC#N. The maximum atomic E-state index is 12.5. The van der Waals surface area contributed by atoms with Crippen LogP contribution in [0.3, 0.4) is 0 Å². The van der Waals surface area contributed by atoms with Gasteiger partial charge in [-0.05, 0) is 55.0 Å². The molecule has 4 aliphatic rings. The van der Waals surface area contributed by atoms with Crippen LogP contribution in [0.15, 0.2) is 55.3 Å². The summed E-state index contributed by atoms with van der Waals surface area (Å²) in [5.74, 6) is 1.84. The summed E-state index contributed by atoms with van der Waals surface area (Å²) in [6, 6.07) is 15.3. The first-order valence-corrected chi connectivity index (χ1v) is 14.5. The zero-order chi connectivity index (χ0) is 27.9. The molecule has 1 amide bonds. The highest BCUT2D eigenvalue weighted by Crippen LogP contribution is 2.45. The molecule has 0 N–H and O–H groups in total. The number of aryl methyl sites for hydroxylation is 1. The molecule has 1 saturated carbocycles. The number of rotatable bonds is 7. The van der Waals surface area contributed by atoms with Crippen molar-refractivity contribution in [1.82, 2.24) is 24.8 Å². The third-order valence-corrected chi connectivity index (χ3v) is 8.84. The van der Waals surface area contributed by atoms with Crippen molar-refractivity contribution in [3.05, 3.63) is 83.3 Å². The number of anilines is 1. The highest BCUT2D eigenvalue weighted by molar-refractivity contribution is 5.87. The van der Waals surface area contributed by atoms with Gasteiger partial charge in [0.15, 0.2) is 5.75 Å². The Labute approximate surface area is 240 Å². The van der Waals surface area contributed by atoms with Gasteiger partial charge in [0.2, 0.25) is 5.91 Å². The molecule has 2 atom stereocenters. The number of nitrogens with zero attached hydrogens (tertiary/aromatic N) is 7. The van der Waals surface area contributed by atoms with Crippen molar-refractivity contribution in [1.29, 1.82) is 5.26 Å². The Balaban J connectivity index is 1.23. The average molecular weight is 548 g/mol. The fourth-order valence-corrected chi connectivity index (χ4v) is 6.67. The molecule has 9 heteroatoms. The Bertz CT molecular complexity index is 1550. The molecule has 1 aromatic carbocycles. The minimum Gasteiger partial charge on any atom is -0.422 e. The van der Waals surface area contributed by atoms with Gasteiger partial charge in [-0.1, -0.05) is 30.8 Å². The lowest BCUT2D eigenvalue weighted by molar-refractivity contribution is -0.128. The summed E-state index contributed by atoms with van der Waals surface area (Å²) in [6.45, 7) is 6.75. The highest BCUT2D eigenvalue weighted by atomic mass is 16.5. The lowest BCUT2D eigenvalue weighted by Crippen LogP contribution is -2.55. The molecule has 9 nitrogen and oxygen atoms in total. The second-order valence-electron chi connectivity index (χ2n) is 11.4. The number of aromatic nitrogens is 3. The summed E-state index contributed by atoms with van der Waals surface area (Å²) in [6.07, 6.45) is 7.80.